The number of nitrogens with zero attached hydrogens (tertiary/aromatic N) is 4. The van der Waals surface area contributed by atoms with Crippen molar-refractivity contribution in [2.75, 3.05) is 36.8 Å². The molecule has 5 nitrogen and oxygen atoms in total. The standard InChI is InChI=1S/C13H23N5/c1-4-17(5-2)11-6-7-18(8-11)13-10(3)12(14)15-9-16-13/h9,11H,4-8H2,1-3H3,(H2,14,15,16). The van der Waals surface area contributed by atoms with Crippen LogP contribution in [0.25, 0.3) is 0 Å². The van der Waals surface area contributed by atoms with Crippen molar-refractivity contribution >= 4 is 11.6 Å². The van der Waals surface area contributed by atoms with Gasteiger partial charge in [0.2, 0.25) is 0 Å². The minimum atomic E-state index is 0.589. The highest BCUT2D eigenvalue weighted by Crippen LogP contribution is 2.25. The van der Waals surface area contributed by atoms with Gasteiger partial charge in [-0.2, -0.15) is 0 Å². The highest BCUT2D eigenvalue weighted by Gasteiger charge is 2.28. The van der Waals surface area contributed by atoms with Gasteiger partial charge in [0.1, 0.15) is 18.0 Å². The zero-order chi connectivity index (χ0) is 13.1. The van der Waals surface area contributed by atoms with Crippen molar-refractivity contribution in [2.24, 2.45) is 0 Å². The van der Waals surface area contributed by atoms with Crippen molar-refractivity contribution in [3.63, 3.8) is 0 Å². The summed E-state index contributed by atoms with van der Waals surface area (Å²) in [5.74, 6) is 1.59. The number of anilines is 2. The van der Waals surface area contributed by atoms with E-state index < -0.39 is 0 Å². The summed E-state index contributed by atoms with van der Waals surface area (Å²) in [4.78, 5) is 13.3. The molecule has 1 unspecified atom stereocenters. The first-order chi connectivity index (χ1) is 8.67. The van der Waals surface area contributed by atoms with Crippen LogP contribution < -0.4 is 10.6 Å². The Balaban J connectivity index is 2.11. The molecule has 18 heavy (non-hydrogen) atoms. The van der Waals surface area contributed by atoms with Gasteiger partial charge < -0.3 is 10.6 Å². The molecule has 0 spiro atoms. The number of rotatable bonds is 4. The third-order valence-electron chi connectivity index (χ3n) is 3.89. The summed E-state index contributed by atoms with van der Waals surface area (Å²) in [6.45, 7) is 10.8. The zero-order valence-corrected chi connectivity index (χ0v) is 11.6. The molecule has 2 N–H and O–H groups in total. The molecular formula is C13H23N5. The maximum Gasteiger partial charge on any atom is 0.137 e. The van der Waals surface area contributed by atoms with Crippen LogP contribution >= 0.6 is 0 Å². The second-order valence-corrected chi connectivity index (χ2v) is 4.82. The van der Waals surface area contributed by atoms with Crippen molar-refractivity contribution in [3.05, 3.63) is 11.9 Å². The van der Waals surface area contributed by atoms with E-state index in [-0.39, 0.29) is 0 Å². The number of nitrogens with two attached hydrogens (primary N) is 1. The van der Waals surface area contributed by atoms with Crippen molar-refractivity contribution in [3.8, 4) is 0 Å². The molecule has 2 rings (SSSR count). The van der Waals surface area contributed by atoms with Crippen molar-refractivity contribution < 1.29 is 0 Å². The zero-order valence-electron chi connectivity index (χ0n) is 11.6. The molecule has 1 fully saturated rings. The molecule has 0 aliphatic carbocycles. The largest absolute Gasteiger partial charge is 0.383 e. The maximum atomic E-state index is 5.85. The highest BCUT2D eigenvalue weighted by atomic mass is 15.3. The maximum absolute atomic E-state index is 5.85. The van der Waals surface area contributed by atoms with Crippen LogP contribution in [0.5, 0.6) is 0 Å². The fraction of sp³-hybridized carbons (Fsp3) is 0.692. The fourth-order valence-electron chi connectivity index (χ4n) is 2.75. The summed E-state index contributed by atoms with van der Waals surface area (Å²) in [6, 6.07) is 0.635. The molecule has 1 atom stereocenters. The van der Waals surface area contributed by atoms with Crippen LogP contribution in [0.4, 0.5) is 11.6 Å². The molecule has 0 saturated carbocycles. The molecule has 1 aromatic heterocycles. The first-order valence-electron chi connectivity index (χ1n) is 6.73. The quantitative estimate of drug-likeness (QED) is 0.871. The van der Waals surface area contributed by atoms with Crippen LogP contribution in [0.3, 0.4) is 0 Å². The van der Waals surface area contributed by atoms with Gasteiger partial charge >= 0.3 is 0 Å². The van der Waals surface area contributed by atoms with E-state index >= 15 is 0 Å². The smallest absolute Gasteiger partial charge is 0.137 e. The first-order valence-corrected chi connectivity index (χ1v) is 6.73. The van der Waals surface area contributed by atoms with Gasteiger partial charge in [0.05, 0.1) is 0 Å². The Morgan fingerprint density at radius 3 is 2.78 bits per heavy atom. The van der Waals surface area contributed by atoms with Crippen molar-refractivity contribution in [1.82, 2.24) is 14.9 Å². The lowest BCUT2D eigenvalue weighted by molar-refractivity contribution is 0.232. The average molecular weight is 249 g/mol. The molecule has 0 bridgehead atoms. The Kier molecular flexibility index (Phi) is 4.01. The third kappa shape index (κ3) is 2.41. The van der Waals surface area contributed by atoms with E-state index in [4.69, 9.17) is 5.73 Å². The molecule has 1 aliphatic rings. The minimum Gasteiger partial charge on any atom is -0.383 e. The van der Waals surface area contributed by atoms with E-state index in [1.54, 1.807) is 6.33 Å². The molecule has 1 aromatic rings. The summed E-state index contributed by atoms with van der Waals surface area (Å²) in [5.41, 5.74) is 6.84. The van der Waals surface area contributed by atoms with Crippen LogP contribution in [0.1, 0.15) is 25.8 Å². The summed E-state index contributed by atoms with van der Waals surface area (Å²) in [7, 11) is 0. The molecule has 100 valence electrons. The lowest BCUT2D eigenvalue weighted by atomic mass is 10.2. The fourth-order valence-corrected chi connectivity index (χ4v) is 2.75. The Bertz CT molecular complexity index is 402. The molecule has 0 radical (unpaired) electrons. The van der Waals surface area contributed by atoms with Crippen LogP contribution in [-0.4, -0.2) is 47.1 Å². The number of hydrogen-bond donors (Lipinski definition) is 1. The Morgan fingerprint density at radius 2 is 2.11 bits per heavy atom. The van der Waals surface area contributed by atoms with E-state index in [0.29, 0.717) is 11.9 Å². The summed E-state index contributed by atoms with van der Waals surface area (Å²) >= 11 is 0. The molecule has 1 saturated heterocycles. The van der Waals surface area contributed by atoms with Gasteiger partial charge in [-0.25, -0.2) is 9.97 Å². The molecule has 2 heterocycles. The number of likely N-dealkylation sites (N-methyl/N-ethyl adjacent to an activating group) is 1. The third-order valence-corrected chi connectivity index (χ3v) is 3.89. The lowest BCUT2D eigenvalue weighted by Crippen LogP contribution is -2.37. The SMILES string of the molecule is CCN(CC)C1CCN(c2ncnc(N)c2C)C1. The Morgan fingerprint density at radius 1 is 1.39 bits per heavy atom. The summed E-state index contributed by atoms with van der Waals surface area (Å²) < 4.78 is 0. The van der Waals surface area contributed by atoms with Gasteiger partial charge in [0, 0.05) is 24.7 Å². The van der Waals surface area contributed by atoms with Crippen molar-refractivity contribution in [2.45, 2.75) is 33.2 Å². The number of aromatic nitrogens is 2. The van der Waals surface area contributed by atoms with Crippen LogP contribution in [0.2, 0.25) is 0 Å². The average Bonchev–Trinajstić information content (AvgIpc) is 2.84. The number of nitrogen functional groups attached to an aromatic ring is 1. The monoisotopic (exact) mass is 249 g/mol. The normalized spacial score (nSPS) is 19.8. The molecular weight excluding hydrogens is 226 g/mol. The van der Waals surface area contributed by atoms with Crippen LogP contribution in [0, 0.1) is 6.92 Å². The Hall–Kier alpha value is -1.36. The van der Waals surface area contributed by atoms with Crippen LogP contribution in [0.15, 0.2) is 6.33 Å². The van der Waals surface area contributed by atoms with Gasteiger partial charge in [0.25, 0.3) is 0 Å². The minimum absolute atomic E-state index is 0.589. The van der Waals surface area contributed by atoms with E-state index in [0.717, 1.165) is 37.6 Å². The predicted octanol–water partition coefficient (Wildman–Crippen LogP) is 1.29. The Labute approximate surface area is 109 Å². The van der Waals surface area contributed by atoms with Gasteiger partial charge in [-0.15, -0.1) is 0 Å². The summed E-state index contributed by atoms with van der Waals surface area (Å²) in [6.07, 6.45) is 2.76. The molecule has 0 aromatic carbocycles. The molecule has 0 amide bonds. The van der Waals surface area contributed by atoms with Gasteiger partial charge in [-0.05, 0) is 26.4 Å². The second kappa shape index (κ2) is 5.52. The second-order valence-electron chi connectivity index (χ2n) is 4.82. The van der Waals surface area contributed by atoms with E-state index in [9.17, 15) is 0 Å². The van der Waals surface area contributed by atoms with Gasteiger partial charge in [-0.3, -0.25) is 4.90 Å². The molecule has 1 aliphatic heterocycles. The van der Waals surface area contributed by atoms with Crippen LogP contribution in [-0.2, 0) is 0 Å². The van der Waals surface area contributed by atoms with E-state index in [1.165, 1.54) is 6.42 Å². The lowest BCUT2D eigenvalue weighted by Gasteiger charge is -2.26. The topological polar surface area (TPSA) is 58.3 Å². The van der Waals surface area contributed by atoms with Gasteiger partial charge in [-0.1, -0.05) is 13.8 Å². The summed E-state index contributed by atoms with van der Waals surface area (Å²) in [5, 5.41) is 0. The van der Waals surface area contributed by atoms with E-state index in [1.807, 2.05) is 6.92 Å². The first kappa shape index (κ1) is 13.1. The van der Waals surface area contributed by atoms with E-state index in [2.05, 4.69) is 33.6 Å². The predicted molar refractivity (Wildman–Crippen MR) is 74.7 cm³/mol. The molecule has 5 heteroatoms. The van der Waals surface area contributed by atoms with Gasteiger partial charge in [0.15, 0.2) is 0 Å². The van der Waals surface area contributed by atoms with Crippen molar-refractivity contribution in [1.29, 1.82) is 0 Å². The highest BCUT2D eigenvalue weighted by molar-refractivity contribution is 5.56. The number of hydrogen-bond acceptors (Lipinski definition) is 5.